The van der Waals surface area contributed by atoms with E-state index in [2.05, 4.69) is 4.29 Å². The highest BCUT2D eigenvalue weighted by Crippen LogP contribution is 2.52. The summed E-state index contributed by atoms with van der Waals surface area (Å²) in [5.41, 5.74) is -0.407. The molecule has 0 aromatic carbocycles. The van der Waals surface area contributed by atoms with Gasteiger partial charge in [0.2, 0.25) is 0 Å². The van der Waals surface area contributed by atoms with Crippen molar-refractivity contribution in [2.24, 2.45) is 5.41 Å². The van der Waals surface area contributed by atoms with Gasteiger partial charge >= 0.3 is 5.97 Å². The molecule has 2 rings (SSSR count). The van der Waals surface area contributed by atoms with Gasteiger partial charge in [-0.2, -0.15) is 0 Å². The predicted octanol–water partition coefficient (Wildman–Crippen LogP) is 2.01. The van der Waals surface area contributed by atoms with E-state index in [1.807, 2.05) is 13.8 Å². The van der Waals surface area contributed by atoms with Crippen LogP contribution in [0.15, 0.2) is 0 Å². The fraction of sp³-hybridized carbons (Fsp3) is 0.900. The van der Waals surface area contributed by atoms with Crippen molar-refractivity contribution in [2.75, 3.05) is 6.61 Å². The third-order valence-electron chi connectivity index (χ3n) is 3.04. The molecule has 86 valence electrons. The summed E-state index contributed by atoms with van der Waals surface area (Å²) in [4.78, 5) is 11.4. The Balaban J connectivity index is 1.91. The maximum atomic E-state index is 11.4. The fourth-order valence-corrected chi connectivity index (χ4v) is 2.19. The summed E-state index contributed by atoms with van der Waals surface area (Å²) in [6, 6.07) is 0. The van der Waals surface area contributed by atoms with Gasteiger partial charge in [-0.05, 0) is 33.1 Å². The maximum Gasteiger partial charge on any atom is 0.330 e. The molecule has 0 aromatic heterocycles. The average Bonchev–Trinajstić information content (AvgIpc) is 2.86. The van der Waals surface area contributed by atoms with Gasteiger partial charge in [-0.15, -0.1) is 0 Å². The first kappa shape index (κ1) is 11.2. The monoisotopic (exact) mass is 234 g/mol. The second kappa shape index (κ2) is 3.61. The van der Waals surface area contributed by atoms with Gasteiger partial charge in [0.05, 0.1) is 18.1 Å². The van der Waals surface area contributed by atoms with Gasteiger partial charge in [0.25, 0.3) is 0 Å². The number of carbonyl (C=O) groups is 1. The van der Waals surface area contributed by atoms with E-state index in [9.17, 15) is 4.79 Å². The zero-order valence-electron chi connectivity index (χ0n) is 8.92. The molecule has 2 aliphatic rings. The number of hydrogen-bond donors (Lipinski definition) is 0. The topological polar surface area (TPSA) is 44.8 Å². The molecule has 1 atom stereocenters. The molecule has 15 heavy (non-hydrogen) atoms. The van der Waals surface area contributed by atoms with Gasteiger partial charge in [0.1, 0.15) is 11.9 Å². The molecule has 1 saturated heterocycles. The van der Waals surface area contributed by atoms with Crippen LogP contribution in [0.1, 0.15) is 33.1 Å². The summed E-state index contributed by atoms with van der Waals surface area (Å²) in [7, 11) is 0. The van der Waals surface area contributed by atoms with Gasteiger partial charge < -0.3 is 13.8 Å². The standard InChI is InChI=1S/C10H15ClO4/c1-9(2)13-6-7(14-9)5-10(3-4-10)8(12)15-11/h7H,3-6H2,1-2H3/t7-/m0/s1. The van der Waals surface area contributed by atoms with Crippen LogP contribution < -0.4 is 0 Å². The van der Waals surface area contributed by atoms with Gasteiger partial charge in [-0.3, -0.25) is 0 Å². The van der Waals surface area contributed by atoms with Crippen molar-refractivity contribution in [3.05, 3.63) is 0 Å². The van der Waals surface area contributed by atoms with Crippen LogP contribution in [0, 0.1) is 5.41 Å². The lowest BCUT2D eigenvalue weighted by molar-refractivity contribution is -0.149. The minimum atomic E-state index is -0.536. The Hall–Kier alpha value is -0.320. The Bertz CT molecular complexity index is 273. The quantitative estimate of drug-likeness (QED) is 0.749. The molecule has 1 saturated carbocycles. The second-order valence-electron chi connectivity index (χ2n) is 4.80. The molecule has 1 aliphatic heterocycles. The normalized spacial score (nSPS) is 31.3. The molecule has 0 amide bonds. The molecular formula is C10H15ClO4. The van der Waals surface area contributed by atoms with Crippen LogP contribution in [0.2, 0.25) is 0 Å². The largest absolute Gasteiger partial charge is 0.348 e. The van der Waals surface area contributed by atoms with Crippen LogP contribution in [-0.2, 0) is 18.6 Å². The van der Waals surface area contributed by atoms with E-state index in [0.29, 0.717) is 13.0 Å². The van der Waals surface area contributed by atoms with Crippen LogP contribution in [0.25, 0.3) is 0 Å². The minimum absolute atomic E-state index is 0.0294. The Morgan fingerprint density at radius 2 is 2.20 bits per heavy atom. The van der Waals surface area contributed by atoms with Crippen molar-refractivity contribution >= 4 is 17.8 Å². The van der Waals surface area contributed by atoms with Crippen molar-refractivity contribution in [1.29, 1.82) is 0 Å². The molecule has 4 nitrogen and oxygen atoms in total. The van der Waals surface area contributed by atoms with Crippen molar-refractivity contribution < 1.29 is 18.6 Å². The van der Waals surface area contributed by atoms with E-state index in [0.717, 1.165) is 12.8 Å². The Labute approximate surface area is 94.0 Å². The van der Waals surface area contributed by atoms with Gasteiger partial charge in [-0.1, -0.05) is 0 Å². The third kappa shape index (κ3) is 2.27. The molecule has 0 bridgehead atoms. The zero-order valence-corrected chi connectivity index (χ0v) is 9.67. The predicted molar refractivity (Wildman–Crippen MR) is 53.1 cm³/mol. The fourth-order valence-electron chi connectivity index (χ4n) is 2.02. The molecule has 1 heterocycles. The van der Waals surface area contributed by atoms with Crippen molar-refractivity contribution in [2.45, 2.75) is 45.0 Å². The minimum Gasteiger partial charge on any atom is -0.348 e. The van der Waals surface area contributed by atoms with Crippen molar-refractivity contribution in [3.63, 3.8) is 0 Å². The molecule has 0 unspecified atom stereocenters. The highest BCUT2D eigenvalue weighted by molar-refractivity contribution is 6.14. The summed E-state index contributed by atoms with van der Waals surface area (Å²) >= 11 is 5.10. The SMILES string of the molecule is CC1(C)OC[C@H](CC2(C(=O)OCl)CC2)O1. The van der Waals surface area contributed by atoms with Gasteiger partial charge in [0, 0.05) is 0 Å². The molecule has 0 spiro atoms. The zero-order chi connectivity index (χ0) is 11.1. The van der Waals surface area contributed by atoms with Gasteiger partial charge in [0.15, 0.2) is 5.79 Å². The Morgan fingerprint density at radius 3 is 2.60 bits per heavy atom. The van der Waals surface area contributed by atoms with Crippen LogP contribution >= 0.6 is 11.9 Å². The van der Waals surface area contributed by atoms with Crippen molar-refractivity contribution in [1.82, 2.24) is 0 Å². The summed E-state index contributed by atoms with van der Waals surface area (Å²) in [6.45, 7) is 4.27. The molecule has 0 N–H and O–H groups in total. The first-order chi connectivity index (χ1) is 6.97. The highest BCUT2D eigenvalue weighted by Gasteiger charge is 2.54. The van der Waals surface area contributed by atoms with E-state index in [1.165, 1.54) is 0 Å². The molecule has 1 aliphatic carbocycles. The number of ether oxygens (including phenoxy) is 2. The lowest BCUT2D eigenvalue weighted by Crippen LogP contribution is -2.26. The Morgan fingerprint density at radius 1 is 1.53 bits per heavy atom. The first-order valence-corrected chi connectivity index (χ1v) is 5.43. The van der Waals surface area contributed by atoms with Crippen molar-refractivity contribution in [3.8, 4) is 0 Å². The number of halogens is 1. The lowest BCUT2D eigenvalue weighted by Gasteiger charge is -2.19. The van der Waals surface area contributed by atoms with E-state index in [-0.39, 0.29) is 12.1 Å². The van der Waals surface area contributed by atoms with Crippen LogP contribution in [0.5, 0.6) is 0 Å². The average molecular weight is 235 g/mol. The molecule has 5 heteroatoms. The summed E-state index contributed by atoms with van der Waals surface area (Å²) in [5.74, 6) is -0.872. The number of hydrogen-bond acceptors (Lipinski definition) is 4. The van der Waals surface area contributed by atoms with E-state index < -0.39 is 11.2 Å². The molecule has 0 aromatic rings. The van der Waals surface area contributed by atoms with Crippen LogP contribution in [0.4, 0.5) is 0 Å². The summed E-state index contributed by atoms with van der Waals surface area (Å²) in [5, 5.41) is 0. The van der Waals surface area contributed by atoms with Gasteiger partial charge in [-0.25, -0.2) is 4.79 Å². The highest BCUT2D eigenvalue weighted by atomic mass is 35.5. The van der Waals surface area contributed by atoms with Crippen LogP contribution in [-0.4, -0.2) is 24.5 Å². The van der Waals surface area contributed by atoms with E-state index in [1.54, 1.807) is 0 Å². The molecule has 0 radical (unpaired) electrons. The molecular weight excluding hydrogens is 220 g/mol. The number of rotatable bonds is 3. The first-order valence-electron chi connectivity index (χ1n) is 5.12. The second-order valence-corrected chi connectivity index (χ2v) is 4.95. The maximum absolute atomic E-state index is 11.4. The van der Waals surface area contributed by atoms with E-state index in [4.69, 9.17) is 21.3 Å². The van der Waals surface area contributed by atoms with Crippen LogP contribution in [0.3, 0.4) is 0 Å². The third-order valence-corrected chi connectivity index (χ3v) is 3.18. The summed E-state index contributed by atoms with van der Waals surface area (Å²) in [6.07, 6.45) is 2.28. The number of carbonyl (C=O) groups excluding carboxylic acids is 1. The Kier molecular flexibility index (Phi) is 2.69. The smallest absolute Gasteiger partial charge is 0.330 e. The van der Waals surface area contributed by atoms with E-state index >= 15 is 0 Å². The summed E-state index contributed by atoms with van der Waals surface area (Å²) < 4.78 is 15.4. The lowest BCUT2D eigenvalue weighted by atomic mass is 9.99. The molecule has 2 fully saturated rings.